The number of hydrogen-bond donors (Lipinski definition) is 1. The van der Waals surface area contributed by atoms with Crippen molar-refractivity contribution in [3.63, 3.8) is 0 Å². The first-order valence-corrected chi connectivity index (χ1v) is 6.93. The lowest BCUT2D eigenvalue weighted by Crippen LogP contribution is -1.83. The Bertz CT molecular complexity index is 710. The minimum atomic E-state index is 0.770. The van der Waals surface area contributed by atoms with Crippen molar-refractivity contribution in [1.82, 2.24) is 19.9 Å². The van der Waals surface area contributed by atoms with Gasteiger partial charge in [0.15, 0.2) is 5.16 Å². The van der Waals surface area contributed by atoms with Gasteiger partial charge in [-0.1, -0.05) is 6.07 Å². The highest BCUT2D eigenvalue weighted by molar-refractivity contribution is 9.10. The number of hydrogen-bond acceptors (Lipinski definition) is 4. The van der Waals surface area contributed by atoms with Crippen molar-refractivity contribution in [3.8, 4) is 0 Å². The third kappa shape index (κ3) is 2.39. The number of aromatic amines is 1. The van der Waals surface area contributed by atoms with Crippen LogP contribution >= 0.6 is 27.7 Å². The number of H-pyrrole nitrogens is 1. The summed E-state index contributed by atoms with van der Waals surface area (Å²) in [6.45, 7) is 2.06. The standard InChI is InChI=1S/C12H9BrN4S/c1-7-2-3-8-9(4-7)17-12(16-8)18-11-5-10(13)14-6-15-11/h2-6H,1H3,(H,16,17). The summed E-state index contributed by atoms with van der Waals surface area (Å²) in [7, 11) is 0. The van der Waals surface area contributed by atoms with E-state index in [0.717, 1.165) is 25.8 Å². The molecule has 0 bridgehead atoms. The van der Waals surface area contributed by atoms with E-state index in [1.54, 1.807) is 0 Å². The van der Waals surface area contributed by atoms with E-state index in [4.69, 9.17) is 0 Å². The fraction of sp³-hybridized carbons (Fsp3) is 0.0833. The molecule has 2 heterocycles. The Balaban J connectivity index is 1.95. The predicted octanol–water partition coefficient (Wildman–Crippen LogP) is 3.58. The minimum absolute atomic E-state index is 0.770. The molecule has 0 aliphatic carbocycles. The molecule has 0 saturated carbocycles. The first kappa shape index (κ1) is 11.7. The Labute approximate surface area is 116 Å². The Hall–Kier alpha value is -1.40. The van der Waals surface area contributed by atoms with Gasteiger partial charge in [0.25, 0.3) is 0 Å². The normalized spacial score (nSPS) is 11.0. The minimum Gasteiger partial charge on any atom is -0.333 e. The molecule has 90 valence electrons. The number of benzene rings is 1. The van der Waals surface area contributed by atoms with E-state index < -0.39 is 0 Å². The van der Waals surface area contributed by atoms with Crippen molar-refractivity contribution in [2.75, 3.05) is 0 Å². The SMILES string of the molecule is Cc1ccc2nc(Sc3cc(Br)ncn3)[nH]c2c1. The van der Waals surface area contributed by atoms with Gasteiger partial charge in [-0.2, -0.15) is 0 Å². The number of imidazole rings is 1. The maximum atomic E-state index is 4.51. The topological polar surface area (TPSA) is 54.5 Å². The van der Waals surface area contributed by atoms with Crippen molar-refractivity contribution in [2.24, 2.45) is 0 Å². The van der Waals surface area contributed by atoms with Crippen LogP contribution < -0.4 is 0 Å². The lowest BCUT2D eigenvalue weighted by Gasteiger charge is -1.96. The molecule has 0 saturated heterocycles. The van der Waals surface area contributed by atoms with E-state index in [1.807, 2.05) is 12.1 Å². The average Bonchev–Trinajstić information content (AvgIpc) is 2.70. The Morgan fingerprint density at radius 2 is 2.11 bits per heavy atom. The van der Waals surface area contributed by atoms with Crippen LogP contribution in [0.3, 0.4) is 0 Å². The maximum absolute atomic E-state index is 4.51. The van der Waals surface area contributed by atoms with Crippen LogP contribution in [0.2, 0.25) is 0 Å². The molecule has 0 amide bonds. The monoisotopic (exact) mass is 320 g/mol. The summed E-state index contributed by atoms with van der Waals surface area (Å²) in [5, 5.41) is 1.69. The fourth-order valence-corrected chi connectivity index (χ4v) is 2.85. The second-order valence-corrected chi connectivity index (χ2v) is 5.67. The maximum Gasteiger partial charge on any atom is 0.172 e. The van der Waals surface area contributed by atoms with Crippen molar-refractivity contribution >= 4 is 38.7 Å². The van der Waals surface area contributed by atoms with Gasteiger partial charge in [-0.25, -0.2) is 15.0 Å². The number of aryl methyl sites for hydroxylation is 1. The van der Waals surface area contributed by atoms with E-state index in [-0.39, 0.29) is 0 Å². The van der Waals surface area contributed by atoms with Gasteiger partial charge in [0, 0.05) is 6.07 Å². The Morgan fingerprint density at radius 1 is 1.22 bits per heavy atom. The van der Waals surface area contributed by atoms with Crippen LogP contribution in [0, 0.1) is 6.92 Å². The summed E-state index contributed by atoms with van der Waals surface area (Å²) in [6, 6.07) is 8.02. The van der Waals surface area contributed by atoms with Gasteiger partial charge in [0.1, 0.15) is 16.0 Å². The van der Waals surface area contributed by atoms with Crippen LogP contribution in [0.1, 0.15) is 5.56 Å². The van der Waals surface area contributed by atoms with Gasteiger partial charge in [-0.3, -0.25) is 0 Å². The van der Waals surface area contributed by atoms with Crippen LogP contribution in [-0.4, -0.2) is 19.9 Å². The molecule has 0 aliphatic heterocycles. The number of nitrogens with one attached hydrogen (secondary N) is 1. The quantitative estimate of drug-likeness (QED) is 0.733. The zero-order valence-corrected chi connectivity index (χ0v) is 11.9. The molecule has 18 heavy (non-hydrogen) atoms. The molecule has 1 aromatic carbocycles. The summed E-state index contributed by atoms with van der Waals surface area (Å²) in [4.78, 5) is 16.0. The second kappa shape index (κ2) is 4.70. The predicted molar refractivity (Wildman–Crippen MR) is 74.7 cm³/mol. The molecular weight excluding hydrogens is 312 g/mol. The van der Waals surface area contributed by atoms with Crippen molar-refractivity contribution in [1.29, 1.82) is 0 Å². The smallest absolute Gasteiger partial charge is 0.172 e. The molecule has 1 N–H and O–H groups in total. The summed E-state index contributed by atoms with van der Waals surface area (Å²) in [5.74, 6) is 0. The van der Waals surface area contributed by atoms with Crippen molar-refractivity contribution in [2.45, 2.75) is 17.1 Å². The Morgan fingerprint density at radius 3 is 2.94 bits per heavy atom. The third-order valence-corrected chi connectivity index (χ3v) is 3.68. The van der Waals surface area contributed by atoms with Gasteiger partial charge < -0.3 is 4.98 Å². The van der Waals surface area contributed by atoms with E-state index in [2.05, 4.69) is 54.9 Å². The molecule has 2 aromatic heterocycles. The summed E-state index contributed by atoms with van der Waals surface area (Å²) >= 11 is 4.81. The molecule has 0 spiro atoms. The number of aromatic nitrogens is 4. The largest absolute Gasteiger partial charge is 0.333 e. The summed E-state index contributed by atoms with van der Waals surface area (Å²) in [5.41, 5.74) is 3.23. The van der Waals surface area contributed by atoms with Crippen LogP contribution in [-0.2, 0) is 0 Å². The Kier molecular flexibility index (Phi) is 3.05. The van der Waals surface area contributed by atoms with Gasteiger partial charge in [-0.05, 0) is 52.3 Å². The van der Waals surface area contributed by atoms with Gasteiger partial charge >= 0.3 is 0 Å². The molecule has 0 unspecified atom stereocenters. The molecule has 0 atom stereocenters. The van der Waals surface area contributed by atoms with Gasteiger partial charge in [-0.15, -0.1) is 0 Å². The fourth-order valence-electron chi connectivity index (χ4n) is 1.62. The van der Waals surface area contributed by atoms with Crippen LogP contribution in [0.25, 0.3) is 11.0 Å². The zero-order valence-electron chi connectivity index (χ0n) is 9.51. The molecule has 0 fully saturated rings. The number of nitrogens with zero attached hydrogens (tertiary/aromatic N) is 3. The van der Waals surface area contributed by atoms with Crippen molar-refractivity contribution in [3.05, 3.63) is 40.8 Å². The molecule has 3 rings (SSSR count). The number of rotatable bonds is 2. The summed E-state index contributed by atoms with van der Waals surface area (Å²) < 4.78 is 0.770. The first-order valence-electron chi connectivity index (χ1n) is 5.32. The van der Waals surface area contributed by atoms with Crippen molar-refractivity contribution < 1.29 is 0 Å². The highest BCUT2D eigenvalue weighted by atomic mass is 79.9. The van der Waals surface area contributed by atoms with Gasteiger partial charge in [0.05, 0.1) is 11.0 Å². The number of halogens is 1. The van der Waals surface area contributed by atoms with Crippen LogP contribution in [0.5, 0.6) is 0 Å². The molecular formula is C12H9BrN4S. The van der Waals surface area contributed by atoms with E-state index in [9.17, 15) is 0 Å². The zero-order chi connectivity index (χ0) is 12.5. The van der Waals surface area contributed by atoms with E-state index in [0.29, 0.717) is 0 Å². The highest BCUT2D eigenvalue weighted by Gasteiger charge is 2.06. The molecule has 4 nitrogen and oxygen atoms in total. The van der Waals surface area contributed by atoms with Gasteiger partial charge in [0.2, 0.25) is 0 Å². The van der Waals surface area contributed by atoms with Crippen LogP contribution in [0.15, 0.2) is 45.4 Å². The van der Waals surface area contributed by atoms with E-state index >= 15 is 0 Å². The molecule has 0 radical (unpaired) electrons. The van der Waals surface area contributed by atoms with E-state index in [1.165, 1.54) is 23.7 Å². The first-order chi connectivity index (χ1) is 8.70. The second-order valence-electron chi connectivity index (χ2n) is 3.84. The lowest BCUT2D eigenvalue weighted by molar-refractivity contribution is 1.01. The molecule has 3 aromatic rings. The lowest BCUT2D eigenvalue weighted by atomic mass is 10.2. The highest BCUT2D eigenvalue weighted by Crippen LogP contribution is 2.26. The third-order valence-electron chi connectivity index (χ3n) is 2.43. The average molecular weight is 321 g/mol. The van der Waals surface area contributed by atoms with Crippen LogP contribution in [0.4, 0.5) is 0 Å². The number of fused-ring (bicyclic) bond motifs is 1. The summed E-state index contributed by atoms with van der Waals surface area (Å²) in [6.07, 6.45) is 1.53. The molecule has 0 aliphatic rings. The molecule has 6 heteroatoms.